The van der Waals surface area contributed by atoms with Crippen LogP contribution >= 0.6 is 0 Å². The van der Waals surface area contributed by atoms with Crippen molar-refractivity contribution in [3.05, 3.63) is 53.4 Å². The third-order valence-electron chi connectivity index (χ3n) is 5.20. The number of fused-ring (bicyclic) bond motifs is 1. The lowest BCUT2D eigenvalue weighted by Crippen LogP contribution is -2.02. The van der Waals surface area contributed by atoms with Crippen LogP contribution in [0.25, 0.3) is 34.7 Å². The molecule has 154 valence electrons. The highest BCUT2D eigenvalue weighted by atomic mass is 16.5. The molecule has 0 fully saturated rings. The second-order valence-electron chi connectivity index (χ2n) is 7.34. The maximum Gasteiger partial charge on any atom is 0.203 e. The topological polar surface area (TPSA) is 57.9 Å². The Kier molecular flexibility index (Phi) is 5.08. The third-order valence-corrected chi connectivity index (χ3v) is 5.20. The van der Waals surface area contributed by atoms with Crippen LogP contribution in [0.15, 0.2) is 42.5 Å². The summed E-state index contributed by atoms with van der Waals surface area (Å²) in [6, 6.07) is 14.0. The van der Waals surface area contributed by atoms with Gasteiger partial charge in [0, 0.05) is 16.3 Å². The van der Waals surface area contributed by atoms with E-state index in [2.05, 4.69) is 32.6 Å². The molecule has 0 radical (unpaired) electrons. The minimum absolute atomic E-state index is 0.243. The fourth-order valence-corrected chi connectivity index (χ4v) is 3.84. The van der Waals surface area contributed by atoms with Crippen molar-refractivity contribution in [2.24, 2.45) is 0 Å². The second kappa shape index (κ2) is 7.71. The molecule has 2 heterocycles. The standard InChI is InChI=1S/C24H25N3O3/c1-14(2)21-20(16-10-8-7-9-11-16)15(3)24-25-23(26-27(21)24)17-12-18(28-4)22(30-6)19(13-17)29-5/h7-14H,3H2,1-2,4-6H3. The number of hydrogen-bond acceptors (Lipinski definition) is 5. The van der Waals surface area contributed by atoms with Crippen molar-refractivity contribution in [3.8, 4) is 39.8 Å². The summed E-state index contributed by atoms with van der Waals surface area (Å²) in [4.78, 5) is 4.82. The zero-order chi connectivity index (χ0) is 21.4. The lowest BCUT2D eigenvalue weighted by atomic mass is 9.99. The summed E-state index contributed by atoms with van der Waals surface area (Å²) in [6.07, 6.45) is 0. The monoisotopic (exact) mass is 403 g/mol. The maximum atomic E-state index is 5.48. The normalized spacial score (nSPS) is 11.3. The highest BCUT2D eigenvalue weighted by Gasteiger charge is 2.23. The average molecular weight is 403 g/mol. The molecule has 0 aliphatic rings. The molecule has 0 unspecified atom stereocenters. The van der Waals surface area contributed by atoms with Crippen molar-refractivity contribution in [1.82, 2.24) is 14.6 Å². The first-order valence-corrected chi connectivity index (χ1v) is 9.77. The van der Waals surface area contributed by atoms with Crippen LogP contribution < -0.4 is 19.4 Å². The molecule has 6 heteroatoms. The molecule has 0 amide bonds. The zero-order valence-electron chi connectivity index (χ0n) is 17.9. The van der Waals surface area contributed by atoms with Crippen molar-refractivity contribution in [3.63, 3.8) is 0 Å². The number of hydrogen-bond donors (Lipinski definition) is 0. The molecular weight excluding hydrogens is 378 g/mol. The maximum absolute atomic E-state index is 5.48. The lowest BCUT2D eigenvalue weighted by Gasteiger charge is -2.13. The van der Waals surface area contributed by atoms with Crippen molar-refractivity contribution >= 4 is 12.2 Å². The first-order valence-electron chi connectivity index (χ1n) is 9.77. The van der Waals surface area contributed by atoms with E-state index >= 15 is 0 Å². The molecule has 4 aromatic rings. The minimum atomic E-state index is 0.243. The van der Waals surface area contributed by atoms with Gasteiger partial charge in [-0.05, 0) is 23.6 Å². The SMILES string of the molecule is C=c1c(-c2ccccc2)c(C(C)C)n2nc(-c3cc(OC)c(OC)c(OC)c3)nc12. The molecule has 30 heavy (non-hydrogen) atoms. The van der Waals surface area contributed by atoms with Crippen molar-refractivity contribution < 1.29 is 14.2 Å². The van der Waals surface area contributed by atoms with Gasteiger partial charge in [-0.3, -0.25) is 0 Å². The van der Waals surface area contributed by atoms with Gasteiger partial charge in [0.25, 0.3) is 0 Å². The number of benzene rings is 2. The van der Waals surface area contributed by atoms with Crippen molar-refractivity contribution in [1.29, 1.82) is 0 Å². The molecule has 0 saturated carbocycles. The van der Waals surface area contributed by atoms with Gasteiger partial charge in [-0.15, -0.1) is 5.10 Å². The third kappa shape index (κ3) is 3.05. The summed E-state index contributed by atoms with van der Waals surface area (Å²) < 4.78 is 18.3. The van der Waals surface area contributed by atoms with Gasteiger partial charge >= 0.3 is 0 Å². The number of nitrogens with zero attached hydrogens (tertiary/aromatic N) is 3. The van der Waals surface area contributed by atoms with Gasteiger partial charge in [-0.2, -0.15) is 0 Å². The Morgan fingerprint density at radius 2 is 1.53 bits per heavy atom. The highest BCUT2D eigenvalue weighted by Crippen LogP contribution is 2.40. The number of ether oxygens (including phenoxy) is 3. The summed E-state index contributed by atoms with van der Waals surface area (Å²) in [7, 11) is 4.77. The smallest absolute Gasteiger partial charge is 0.203 e. The minimum Gasteiger partial charge on any atom is -0.493 e. The van der Waals surface area contributed by atoms with Crippen molar-refractivity contribution in [2.45, 2.75) is 19.8 Å². The Morgan fingerprint density at radius 1 is 0.900 bits per heavy atom. The summed E-state index contributed by atoms with van der Waals surface area (Å²) >= 11 is 0. The lowest BCUT2D eigenvalue weighted by molar-refractivity contribution is 0.324. The Balaban J connectivity index is 1.94. The molecule has 2 aromatic heterocycles. The van der Waals surface area contributed by atoms with E-state index in [-0.39, 0.29) is 5.92 Å². The largest absolute Gasteiger partial charge is 0.493 e. The van der Waals surface area contributed by atoms with E-state index in [0.29, 0.717) is 23.1 Å². The second-order valence-corrected chi connectivity index (χ2v) is 7.34. The first kappa shape index (κ1) is 19.8. The molecule has 0 bridgehead atoms. The Labute approximate surface area is 175 Å². The van der Waals surface area contributed by atoms with Crippen LogP contribution in [0.3, 0.4) is 0 Å². The van der Waals surface area contributed by atoms with Crippen LogP contribution in [0.5, 0.6) is 17.2 Å². The fraction of sp³-hybridized carbons (Fsp3) is 0.250. The van der Waals surface area contributed by atoms with E-state index in [4.69, 9.17) is 24.3 Å². The molecule has 4 rings (SSSR count). The molecule has 0 N–H and O–H groups in total. The summed E-state index contributed by atoms with van der Waals surface area (Å²) in [5, 5.41) is 5.70. The molecular formula is C24H25N3O3. The van der Waals surface area contributed by atoms with Crippen LogP contribution in [0.2, 0.25) is 0 Å². The predicted molar refractivity (Wildman–Crippen MR) is 118 cm³/mol. The Morgan fingerprint density at radius 3 is 2.07 bits per heavy atom. The van der Waals surface area contributed by atoms with Crippen LogP contribution in [-0.4, -0.2) is 35.9 Å². The Bertz CT molecular complexity index is 1220. The van der Waals surface area contributed by atoms with Gasteiger partial charge in [-0.25, -0.2) is 9.50 Å². The van der Waals surface area contributed by atoms with E-state index in [9.17, 15) is 0 Å². The van der Waals surface area contributed by atoms with Gasteiger partial charge in [0.1, 0.15) is 0 Å². The number of rotatable bonds is 6. The van der Waals surface area contributed by atoms with Crippen LogP contribution in [-0.2, 0) is 0 Å². The fourth-order valence-electron chi connectivity index (χ4n) is 3.84. The molecule has 0 atom stereocenters. The van der Waals surface area contributed by atoms with Gasteiger partial charge < -0.3 is 14.2 Å². The highest BCUT2D eigenvalue weighted by molar-refractivity contribution is 5.76. The summed E-state index contributed by atoms with van der Waals surface area (Å²) in [6.45, 7) is 8.65. The number of methoxy groups -OCH3 is 3. The predicted octanol–water partition coefficient (Wildman–Crippen LogP) is 4.34. The van der Waals surface area contributed by atoms with E-state index in [1.165, 1.54) is 0 Å². The van der Waals surface area contributed by atoms with Crippen LogP contribution in [0.1, 0.15) is 25.5 Å². The number of aromatic nitrogens is 3. The Hall–Kier alpha value is -3.54. The van der Waals surface area contributed by atoms with E-state index in [0.717, 1.165) is 33.3 Å². The molecule has 0 aliphatic carbocycles. The summed E-state index contributed by atoms with van der Waals surface area (Å²) in [5.74, 6) is 2.48. The van der Waals surface area contributed by atoms with E-state index in [1.807, 2.05) is 34.8 Å². The van der Waals surface area contributed by atoms with Gasteiger partial charge in [0.2, 0.25) is 5.75 Å². The van der Waals surface area contributed by atoms with Crippen molar-refractivity contribution in [2.75, 3.05) is 21.3 Å². The van der Waals surface area contributed by atoms with Crippen LogP contribution in [0.4, 0.5) is 0 Å². The van der Waals surface area contributed by atoms with E-state index < -0.39 is 0 Å². The average Bonchev–Trinajstić information content (AvgIpc) is 3.31. The van der Waals surface area contributed by atoms with Gasteiger partial charge in [0.15, 0.2) is 23.0 Å². The van der Waals surface area contributed by atoms with E-state index in [1.54, 1.807) is 21.3 Å². The molecule has 0 aliphatic heterocycles. The molecule has 0 saturated heterocycles. The van der Waals surface area contributed by atoms with Gasteiger partial charge in [-0.1, -0.05) is 50.8 Å². The quantitative estimate of drug-likeness (QED) is 0.479. The zero-order valence-corrected chi connectivity index (χ0v) is 17.9. The summed E-state index contributed by atoms with van der Waals surface area (Å²) in [5.41, 5.74) is 4.84. The first-order chi connectivity index (χ1) is 14.5. The molecule has 6 nitrogen and oxygen atoms in total. The molecule has 0 spiro atoms. The molecule has 2 aromatic carbocycles. The van der Waals surface area contributed by atoms with Gasteiger partial charge in [0.05, 0.1) is 27.0 Å². The van der Waals surface area contributed by atoms with Crippen LogP contribution in [0, 0.1) is 0 Å².